The predicted molar refractivity (Wildman–Crippen MR) is 89.1 cm³/mol. The second-order valence-electron chi connectivity index (χ2n) is 5.07. The summed E-state index contributed by atoms with van der Waals surface area (Å²) in [4.78, 5) is 14.7. The molecule has 2 rings (SSSR count). The largest absolute Gasteiger partial charge is 0.345 e. The van der Waals surface area contributed by atoms with Crippen LogP contribution in [0.3, 0.4) is 0 Å². The van der Waals surface area contributed by atoms with Gasteiger partial charge in [-0.15, -0.1) is 11.3 Å². The number of sulfone groups is 1. The van der Waals surface area contributed by atoms with Gasteiger partial charge >= 0.3 is 0 Å². The third-order valence-corrected chi connectivity index (χ3v) is 6.33. The van der Waals surface area contributed by atoms with Crippen LogP contribution >= 0.6 is 11.3 Å². The number of benzene rings is 1. The fourth-order valence-corrected chi connectivity index (χ4v) is 3.78. The van der Waals surface area contributed by atoms with Crippen molar-refractivity contribution in [2.24, 2.45) is 0 Å². The minimum absolute atomic E-state index is 0.0489. The normalized spacial score (nSPS) is 12.9. The average molecular weight is 337 g/mol. The molecule has 1 atom stereocenters. The standard InChI is InChI=1S/C16H19NO3S2/c1-4-22(19,20)14-8-6-13(7-9-14)16(18)17-12(3)15-10-5-11(2)21-15/h5-10,12H,4H2,1-3H3,(H,17,18)/t12-/m0/s1. The molecule has 1 aromatic heterocycles. The highest BCUT2D eigenvalue weighted by Gasteiger charge is 2.15. The van der Waals surface area contributed by atoms with Crippen LogP contribution < -0.4 is 5.32 Å². The Balaban J connectivity index is 2.10. The molecule has 1 amide bonds. The van der Waals surface area contributed by atoms with Gasteiger partial charge < -0.3 is 5.32 Å². The van der Waals surface area contributed by atoms with Crippen LogP contribution in [0.5, 0.6) is 0 Å². The monoisotopic (exact) mass is 337 g/mol. The molecule has 0 bridgehead atoms. The number of hydrogen-bond donors (Lipinski definition) is 1. The van der Waals surface area contributed by atoms with E-state index < -0.39 is 9.84 Å². The van der Waals surface area contributed by atoms with Crippen molar-refractivity contribution in [2.45, 2.75) is 31.7 Å². The zero-order valence-corrected chi connectivity index (χ0v) is 14.4. The number of carbonyl (C=O) groups is 1. The minimum Gasteiger partial charge on any atom is -0.345 e. The summed E-state index contributed by atoms with van der Waals surface area (Å²) in [5, 5.41) is 2.92. The molecule has 0 spiro atoms. The molecule has 0 radical (unpaired) electrons. The van der Waals surface area contributed by atoms with Crippen molar-refractivity contribution in [1.29, 1.82) is 0 Å². The molecule has 6 heteroatoms. The molecule has 1 N–H and O–H groups in total. The Labute approximate surface area is 135 Å². The molecule has 0 aliphatic heterocycles. The Morgan fingerprint density at radius 2 is 1.82 bits per heavy atom. The van der Waals surface area contributed by atoms with E-state index in [1.165, 1.54) is 17.0 Å². The fraction of sp³-hybridized carbons (Fsp3) is 0.312. The van der Waals surface area contributed by atoms with Crippen LogP contribution in [0.4, 0.5) is 0 Å². The maximum absolute atomic E-state index is 12.2. The van der Waals surface area contributed by atoms with Gasteiger partial charge in [-0.3, -0.25) is 4.79 Å². The van der Waals surface area contributed by atoms with Crippen LogP contribution in [0.15, 0.2) is 41.3 Å². The summed E-state index contributed by atoms with van der Waals surface area (Å²) in [5.41, 5.74) is 0.454. The molecule has 0 unspecified atom stereocenters. The number of amides is 1. The molecule has 0 fully saturated rings. The van der Waals surface area contributed by atoms with Crippen LogP contribution in [-0.2, 0) is 9.84 Å². The van der Waals surface area contributed by atoms with Gasteiger partial charge in [-0.2, -0.15) is 0 Å². The van der Waals surface area contributed by atoms with E-state index in [9.17, 15) is 13.2 Å². The number of rotatable bonds is 5. The smallest absolute Gasteiger partial charge is 0.251 e. The van der Waals surface area contributed by atoms with Crippen LogP contribution in [0.2, 0.25) is 0 Å². The number of hydrogen-bond acceptors (Lipinski definition) is 4. The van der Waals surface area contributed by atoms with Crippen molar-refractivity contribution >= 4 is 27.1 Å². The van der Waals surface area contributed by atoms with Crippen molar-refractivity contribution in [3.8, 4) is 0 Å². The zero-order valence-electron chi connectivity index (χ0n) is 12.8. The van der Waals surface area contributed by atoms with E-state index in [-0.39, 0.29) is 22.6 Å². The number of thiophene rings is 1. The summed E-state index contributed by atoms with van der Waals surface area (Å²) in [6.07, 6.45) is 0. The summed E-state index contributed by atoms with van der Waals surface area (Å²) in [6.45, 7) is 5.55. The van der Waals surface area contributed by atoms with Gasteiger partial charge in [0.15, 0.2) is 9.84 Å². The highest BCUT2D eigenvalue weighted by molar-refractivity contribution is 7.91. The fourth-order valence-electron chi connectivity index (χ4n) is 2.02. The summed E-state index contributed by atoms with van der Waals surface area (Å²) < 4.78 is 23.5. The van der Waals surface area contributed by atoms with Crippen molar-refractivity contribution in [3.63, 3.8) is 0 Å². The highest BCUT2D eigenvalue weighted by Crippen LogP contribution is 2.22. The molecule has 2 aromatic rings. The van der Waals surface area contributed by atoms with Gasteiger partial charge in [-0.25, -0.2) is 8.42 Å². The Bertz CT molecular complexity index is 761. The summed E-state index contributed by atoms with van der Waals surface area (Å²) in [7, 11) is -3.23. The average Bonchev–Trinajstić information content (AvgIpc) is 2.94. The summed E-state index contributed by atoms with van der Waals surface area (Å²) >= 11 is 1.65. The first-order valence-electron chi connectivity index (χ1n) is 7.03. The van der Waals surface area contributed by atoms with Crippen LogP contribution in [0.25, 0.3) is 0 Å². The zero-order chi connectivity index (χ0) is 16.3. The molecule has 1 aromatic carbocycles. The molecule has 1 heterocycles. The maximum Gasteiger partial charge on any atom is 0.251 e. The summed E-state index contributed by atoms with van der Waals surface area (Å²) in [6, 6.07) is 10.00. The van der Waals surface area contributed by atoms with Gasteiger partial charge in [0.2, 0.25) is 0 Å². The van der Waals surface area contributed by atoms with E-state index >= 15 is 0 Å². The molecule has 0 aliphatic carbocycles. The topological polar surface area (TPSA) is 63.2 Å². The SMILES string of the molecule is CCS(=O)(=O)c1ccc(C(=O)N[C@@H](C)c2ccc(C)s2)cc1. The molecule has 0 aliphatic rings. The second kappa shape index (κ2) is 6.62. The first-order chi connectivity index (χ1) is 10.3. The Morgan fingerprint density at radius 3 is 2.32 bits per heavy atom. The third-order valence-electron chi connectivity index (χ3n) is 3.39. The molecular formula is C16H19NO3S2. The molecular weight excluding hydrogens is 318 g/mol. The molecule has 0 saturated heterocycles. The van der Waals surface area contributed by atoms with Gasteiger partial charge in [0, 0.05) is 15.3 Å². The quantitative estimate of drug-likeness (QED) is 0.910. The molecule has 4 nitrogen and oxygen atoms in total. The van der Waals surface area contributed by atoms with Crippen molar-refractivity contribution in [1.82, 2.24) is 5.32 Å². The molecule has 22 heavy (non-hydrogen) atoms. The first-order valence-corrected chi connectivity index (χ1v) is 9.50. The number of carbonyl (C=O) groups excluding carboxylic acids is 1. The minimum atomic E-state index is -3.23. The third kappa shape index (κ3) is 3.75. The van der Waals surface area contributed by atoms with Crippen molar-refractivity contribution in [2.75, 3.05) is 5.75 Å². The molecule has 118 valence electrons. The van der Waals surface area contributed by atoms with E-state index in [0.717, 1.165) is 4.88 Å². The highest BCUT2D eigenvalue weighted by atomic mass is 32.2. The van der Waals surface area contributed by atoms with Crippen molar-refractivity contribution < 1.29 is 13.2 Å². The lowest BCUT2D eigenvalue weighted by molar-refractivity contribution is 0.0940. The van der Waals surface area contributed by atoms with Crippen LogP contribution in [0, 0.1) is 6.92 Å². The van der Waals surface area contributed by atoms with Gasteiger partial charge in [0.1, 0.15) is 0 Å². The van der Waals surface area contributed by atoms with Gasteiger partial charge in [0.05, 0.1) is 16.7 Å². The Morgan fingerprint density at radius 1 is 1.18 bits per heavy atom. The Hall–Kier alpha value is -1.66. The van der Waals surface area contributed by atoms with Gasteiger partial charge in [0.25, 0.3) is 5.91 Å². The second-order valence-corrected chi connectivity index (χ2v) is 8.67. The Kier molecular flexibility index (Phi) is 5.03. The van der Waals surface area contributed by atoms with Gasteiger partial charge in [-0.05, 0) is 50.2 Å². The van der Waals surface area contributed by atoms with E-state index in [4.69, 9.17) is 0 Å². The first kappa shape index (κ1) is 16.7. The van der Waals surface area contributed by atoms with Crippen LogP contribution in [-0.4, -0.2) is 20.1 Å². The lowest BCUT2D eigenvalue weighted by Gasteiger charge is -2.12. The number of aryl methyl sites for hydroxylation is 1. The summed E-state index contributed by atoms with van der Waals surface area (Å²) in [5.74, 6) is -0.160. The number of nitrogens with one attached hydrogen (secondary N) is 1. The van der Waals surface area contributed by atoms with E-state index in [0.29, 0.717) is 5.56 Å². The van der Waals surface area contributed by atoms with Gasteiger partial charge in [-0.1, -0.05) is 6.92 Å². The lowest BCUT2D eigenvalue weighted by atomic mass is 10.2. The van der Waals surface area contributed by atoms with E-state index in [2.05, 4.69) is 5.32 Å². The van der Waals surface area contributed by atoms with Crippen molar-refractivity contribution in [3.05, 3.63) is 51.7 Å². The van der Waals surface area contributed by atoms with E-state index in [1.54, 1.807) is 30.4 Å². The maximum atomic E-state index is 12.2. The van der Waals surface area contributed by atoms with E-state index in [1.807, 2.05) is 26.0 Å². The molecule has 0 saturated carbocycles. The predicted octanol–water partition coefficient (Wildman–Crippen LogP) is 3.34. The lowest BCUT2D eigenvalue weighted by Crippen LogP contribution is -2.26. The van der Waals surface area contributed by atoms with Crippen LogP contribution in [0.1, 0.15) is 40.0 Å².